The first kappa shape index (κ1) is 18.9. The second-order valence-electron chi connectivity index (χ2n) is 7.06. The van der Waals surface area contributed by atoms with Gasteiger partial charge in [-0.3, -0.25) is 0 Å². The number of unbranched alkanes of at least 4 members (excludes halogenated alkanes) is 5. The number of methoxy groups -OCH3 is 2. The zero-order chi connectivity index (χ0) is 15.7. The fourth-order valence-corrected chi connectivity index (χ4v) is 3.48. The van der Waals surface area contributed by atoms with Crippen LogP contribution in [0.25, 0.3) is 0 Å². The topological polar surface area (TPSA) is 27.7 Å². The molecule has 1 rings (SSSR count). The lowest BCUT2D eigenvalue weighted by Crippen LogP contribution is -2.53. The molecule has 0 N–H and O–H groups in total. The van der Waals surface area contributed by atoms with Crippen LogP contribution >= 0.6 is 0 Å². The van der Waals surface area contributed by atoms with Crippen molar-refractivity contribution in [2.45, 2.75) is 90.4 Å². The van der Waals surface area contributed by atoms with Gasteiger partial charge in [-0.2, -0.15) is 0 Å². The van der Waals surface area contributed by atoms with Crippen LogP contribution in [-0.2, 0) is 14.2 Å². The summed E-state index contributed by atoms with van der Waals surface area (Å²) < 4.78 is 17.5. The van der Waals surface area contributed by atoms with Crippen molar-refractivity contribution >= 4 is 0 Å². The molecule has 0 aromatic carbocycles. The van der Waals surface area contributed by atoms with Crippen LogP contribution in [0.5, 0.6) is 0 Å². The minimum absolute atomic E-state index is 0.0545. The van der Waals surface area contributed by atoms with E-state index in [1.54, 1.807) is 14.2 Å². The molecule has 0 spiro atoms. The first-order valence-corrected chi connectivity index (χ1v) is 8.74. The molecule has 0 radical (unpaired) electrons. The molecule has 3 heteroatoms. The van der Waals surface area contributed by atoms with E-state index in [1.165, 1.54) is 32.1 Å². The lowest BCUT2D eigenvalue weighted by atomic mass is 9.72. The second-order valence-corrected chi connectivity index (χ2v) is 7.06. The third-order valence-corrected chi connectivity index (χ3v) is 4.86. The molecular formula is C18H36O3. The Morgan fingerprint density at radius 1 is 0.952 bits per heavy atom. The largest absolute Gasteiger partial charge is 0.378 e. The minimum atomic E-state index is 0.0545. The van der Waals surface area contributed by atoms with Crippen molar-refractivity contribution in [3.63, 3.8) is 0 Å². The van der Waals surface area contributed by atoms with Gasteiger partial charge in [-0.25, -0.2) is 0 Å². The standard InChI is InChI=1S/C18H36O3/c1-6-7-8-9-10-11-14-21-15-12-13-18(2,3)17(20-5)16(15)19-4/h15-17H,6-14H2,1-5H3/t15-,16-,17-/m1/s1. The summed E-state index contributed by atoms with van der Waals surface area (Å²) in [5.41, 5.74) is 0.162. The van der Waals surface area contributed by atoms with Crippen molar-refractivity contribution in [1.82, 2.24) is 0 Å². The summed E-state index contributed by atoms with van der Waals surface area (Å²) in [6.07, 6.45) is 10.4. The Kier molecular flexibility index (Phi) is 8.84. The van der Waals surface area contributed by atoms with Gasteiger partial charge in [-0.05, 0) is 24.7 Å². The number of rotatable bonds is 10. The summed E-state index contributed by atoms with van der Waals surface area (Å²) >= 11 is 0. The van der Waals surface area contributed by atoms with Crippen molar-refractivity contribution in [2.75, 3.05) is 20.8 Å². The summed E-state index contributed by atoms with van der Waals surface area (Å²) in [5.74, 6) is 0. The lowest BCUT2D eigenvalue weighted by molar-refractivity contribution is -0.178. The molecule has 1 saturated carbocycles. The first-order valence-electron chi connectivity index (χ1n) is 8.74. The van der Waals surface area contributed by atoms with Gasteiger partial charge in [0.1, 0.15) is 6.10 Å². The zero-order valence-corrected chi connectivity index (χ0v) is 14.8. The monoisotopic (exact) mass is 300 g/mol. The van der Waals surface area contributed by atoms with Crippen LogP contribution in [-0.4, -0.2) is 39.1 Å². The number of hydrogen-bond acceptors (Lipinski definition) is 3. The molecule has 0 unspecified atom stereocenters. The van der Waals surface area contributed by atoms with Crippen molar-refractivity contribution in [3.8, 4) is 0 Å². The molecule has 3 nitrogen and oxygen atoms in total. The van der Waals surface area contributed by atoms with Gasteiger partial charge in [0.05, 0.1) is 12.2 Å². The fourth-order valence-electron chi connectivity index (χ4n) is 3.48. The van der Waals surface area contributed by atoms with Crippen LogP contribution in [0.1, 0.15) is 72.1 Å². The highest BCUT2D eigenvalue weighted by atomic mass is 16.6. The highest BCUT2D eigenvalue weighted by Crippen LogP contribution is 2.39. The second kappa shape index (κ2) is 9.81. The summed E-state index contributed by atoms with van der Waals surface area (Å²) in [6.45, 7) is 7.63. The molecule has 1 fully saturated rings. The predicted molar refractivity (Wildman–Crippen MR) is 87.7 cm³/mol. The highest BCUT2D eigenvalue weighted by Gasteiger charge is 2.45. The number of ether oxygens (including phenoxy) is 3. The molecule has 0 saturated heterocycles. The average Bonchev–Trinajstić information content (AvgIpc) is 2.46. The van der Waals surface area contributed by atoms with Crippen LogP contribution in [0.3, 0.4) is 0 Å². The maximum Gasteiger partial charge on any atom is 0.110 e. The molecule has 0 aromatic heterocycles. The SMILES string of the molecule is CCCCCCCCO[C@@H]1CCC(C)(C)[C@H](OC)[C@@H]1OC. The molecule has 0 aliphatic heterocycles. The van der Waals surface area contributed by atoms with Gasteiger partial charge in [-0.15, -0.1) is 0 Å². The summed E-state index contributed by atoms with van der Waals surface area (Å²) in [4.78, 5) is 0. The Bertz CT molecular complexity index is 265. The smallest absolute Gasteiger partial charge is 0.110 e. The van der Waals surface area contributed by atoms with Gasteiger partial charge in [0.15, 0.2) is 0 Å². The maximum absolute atomic E-state index is 6.11. The van der Waals surface area contributed by atoms with E-state index in [4.69, 9.17) is 14.2 Å². The third kappa shape index (κ3) is 5.88. The van der Waals surface area contributed by atoms with E-state index in [-0.39, 0.29) is 23.7 Å². The van der Waals surface area contributed by atoms with Gasteiger partial charge in [0, 0.05) is 20.8 Å². The van der Waals surface area contributed by atoms with E-state index in [9.17, 15) is 0 Å². The molecule has 3 atom stereocenters. The molecule has 0 heterocycles. The molecule has 1 aliphatic carbocycles. The third-order valence-electron chi connectivity index (χ3n) is 4.86. The number of hydrogen-bond donors (Lipinski definition) is 0. The summed E-state index contributed by atoms with van der Waals surface area (Å²) in [6, 6.07) is 0. The van der Waals surface area contributed by atoms with Crippen molar-refractivity contribution < 1.29 is 14.2 Å². The van der Waals surface area contributed by atoms with Gasteiger partial charge in [-0.1, -0.05) is 52.9 Å². The maximum atomic E-state index is 6.11. The van der Waals surface area contributed by atoms with E-state index >= 15 is 0 Å². The van der Waals surface area contributed by atoms with Gasteiger partial charge in [0.2, 0.25) is 0 Å². The Morgan fingerprint density at radius 3 is 2.24 bits per heavy atom. The normalized spacial score (nSPS) is 28.7. The Balaban J connectivity index is 2.30. The lowest BCUT2D eigenvalue weighted by Gasteiger charge is -2.46. The van der Waals surface area contributed by atoms with Crippen molar-refractivity contribution in [2.24, 2.45) is 5.41 Å². The van der Waals surface area contributed by atoms with Gasteiger partial charge < -0.3 is 14.2 Å². The van der Waals surface area contributed by atoms with Crippen LogP contribution in [0.15, 0.2) is 0 Å². The average molecular weight is 300 g/mol. The summed E-state index contributed by atoms with van der Waals surface area (Å²) in [5, 5.41) is 0. The molecule has 21 heavy (non-hydrogen) atoms. The molecule has 0 amide bonds. The fraction of sp³-hybridized carbons (Fsp3) is 1.00. The Labute approximate surface area is 131 Å². The van der Waals surface area contributed by atoms with E-state index < -0.39 is 0 Å². The molecular weight excluding hydrogens is 264 g/mol. The molecule has 0 bridgehead atoms. The summed E-state index contributed by atoms with van der Waals surface area (Å²) in [7, 11) is 3.56. The van der Waals surface area contributed by atoms with Crippen LogP contribution in [0.2, 0.25) is 0 Å². The Hall–Kier alpha value is -0.120. The quantitative estimate of drug-likeness (QED) is 0.553. The van der Waals surface area contributed by atoms with Gasteiger partial charge >= 0.3 is 0 Å². The predicted octanol–water partition coefficient (Wildman–Crippen LogP) is 4.58. The Morgan fingerprint density at radius 2 is 1.62 bits per heavy atom. The first-order chi connectivity index (χ1) is 10.1. The molecule has 0 aromatic rings. The molecule has 126 valence electrons. The minimum Gasteiger partial charge on any atom is -0.378 e. The van der Waals surface area contributed by atoms with Crippen LogP contribution in [0.4, 0.5) is 0 Å². The van der Waals surface area contributed by atoms with Crippen LogP contribution in [0, 0.1) is 5.41 Å². The van der Waals surface area contributed by atoms with Gasteiger partial charge in [0.25, 0.3) is 0 Å². The zero-order valence-electron chi connectivity index (χ0n) is 14.8. The van der Waals surface area contributed by atoms with Crippen molar-refractivity contribution in [1.29, 1.82) is 0 Å². The van der Waals surface area contributed by atoms with Crippen molar-refractivity contribution in [3.05, 3.63) is 0 Å². The van der Waals surface area contributed by atoms with E-state index in [0.717, 1.165) is 25.9 Å². The molecule has 1 aliphatic rings. The van der Waals surface area contributed by atoms with E-state index in [1.807, 2.05) is 0 Å². The van der Waals surface area contributed by atoms with E-state index in [2.05, 4.69) is 20.8 Å². The van der Waals surface area contributed by atoms with Crippen LogP contribution < -0.4 is 0 Å². The highest BCUT2D eigenvalue weighted by molar-refractivity contribution is 4.95. The van der Waals surface area contributed by atoms with E-state index in [0.29, 0.717) is 0 Å².